The first-order valence-corrected chi connectivity index (χ1v) is 17.4. The third-order valence-electron chi connectivity index (χ3n) is 5.81. The van der Waals surface area contributed by atoms with Gasteiger partial charge in [-0.2, -0.15) is 0 Å². The SMILES string of the molecule is CC(C)(C)OC(=O)CN(CCNCCN(CC(=O)OC(C)(C)C)CC(=O)OC(C)(C)C)CCN(CC(=O)OC(C)(C)C)CC(=O)OC(C)(C)C. The fourth-order valence-electron chi connectivity index (χ4n) is 4.36. The Morgan fingerprint density at radius 3 is 0.820 bits per heavy atom. The number of esters is 5. The molecule has 0 saturated heterocycles. The zero-order valence-electron chi connectivity index (χ0n) is 33.7. The standard InChI is InChI=1S/C36H68N4O10/c1-32(2,3)46-27(41)22-38(20-21-40(25-30(44)49-35(10,11)12)26-31(45)50-36(13,14)15)18-16-37-17-19-39(23-28(42)47-33(4,5)6)24-29(43)48-34(7,8)9/h37H,16-26H2,1-15H3. The number of carbonyl (C=O) groups is 5. The molecule has 0 saturated carbocycles. The molecule has 0 rings (SSSR count). The van der Waals surface area contributed by atoms with Crippen molar-refractivity contribution in [2.45, 2.75) is 132 Å². The van der Waals surface area contributed by atoms with Gasteiger partial charge in [0.1, 0.15) is 28.0 Å². The minimum Gasteiger partial charge on any atom is -0.459 e. The predicted octanol–water partition coefficient (Wildman–Crippen LogP) is 3.19. The lowest BCUT2D eigenvalue weighted by molar-refractivity contribution is -0.162. The second-order valence-corrected chi connectivity index (χ2v) is 17.4. The quantitative estimate of drug-likeness (QED) is 0.118. The van der Waals surface area contributed by atoms with Gasteiger partial charge in [0, 0.05) is 39.3 Å². The van der Waals surface area contributed by atoms with Crippen LogP contribution in [0.4, 0.5) is 0 Å². The van der Waals surface area contributed by atoms with E-state index in [2.05, 4.69) is 5.32 Å². The van der Waals surface area contributed by atoms with E-state index in [1.807, 2.05) is 4.90 Å². The summed E-state index contributed by atoms with van der Waals surface area (Å²) in [6.07, 6.45) is 0. The summed E-state index contributed by atoms with van der Waals surface area (Å²) in [6, 6.07) is 0. The highest BCUT2D eigenvalue weighted by Gasteiger charge is 2.26. The number of carbonyl (C=O) groups excluding carboxylic acids is 5. The van der Waals surface area contributed by atoms with E-state index in [1.54, 1.807) is 114 Å². The second-order valence-electron chi connectivity index (χ2n) is 17.4. The Kier molecular flexibility index (Phi) is 19.1. The fraction of sp³-hybridized carbons (Fsp3) is 0.861. The Morgan fingerprint density at radius 2 is 0.560 bits per heavy atom. The van der Waals surface area contributed by atoms with Crippen molar-refractivity contribution in [3.05, 3.63) is 0 Å². The maximum atomic E-state index is 12.8. The van der Waals surface area contributed by atoms with E-state index in [1.165, 1.54) is 0 Å². The van der Waals surface area contributed by atoms with Gasteiger partial charge in [-0.1, -0.05) is 0 Å². The van der Waals surface area contributed by atoms with Crippen molar-refractivity contribution >= 4 is 29.8 Å². The van der Waals surface area contributed by atoms with Crippen LogP contribution in [0.5, 0.6) is 0 Å². The molecule has 0 aromatic heterocycles. The van der Waals surface area contributed by atoms with Gasteiger partial charge >= 0.3 is 29.8 Å². The molecule has 0 aliphatic carbocycles. The van der Waals surface area contributed by atoms with Crippen LogP contribution in [0.25, 0.3) is 0 Å². The van der Waals surface area contributed by atoms with Crippen molar-refractivity contribution in [1.29, 1.82) is 0 Å². The van der Waals surface area contributed by atoms with Crippen molar-refractivity contribution in [1.82, 2.24) is 20.0 Å². The number of hydrogen-bond donors (Lipinski definition) is 1. The zero-order valence-corrected chi connectivity index (χ0v) is 33.7. The van der Waals surface area contributed by atoms with E-state index >= 15 is 0 Å². The van der Waals surface area contributed by atoms with Crippen molar-refractivity contribution in [2.75, 3.05) is 72.0 Å². The molecule has 0 aliphatic heterocycles. The first kappa shape index (κ1) is 47.2. The smallest absolute Gasteiger partial charge is 0.320 e. The van der Waals surface area contributed by atoms with Gasteiger partial charge in [0.05, 0.1) is 32.7 Å². The van der Waals surface area contributed by atoms with Gasteiger partial charge in [-0.3, -0.25) is 38.7 Å². The summed E-state index contributed by atoms with van der Waals surface area (Å²) in [6.45, 7) is 28.4. The average Bonchev–Trinajstić information content (AvgIpc) is 2.80. The molecule has 1 N–H and O–H groups in total. The van der Waals surface area contributed by atoms with Gasteiger partial charge in [-0.05, 0) is 104 Å². The van der Waals surface area contributed by atoms with Crippen molar-refractivity contribution < 1.29 is 47.7 Å². The molecule has 0 bridgehead atoms. The molecule has 14 nitrogen and oxygen atoms in total. The summed E-state index contributed by atoms with van der Waals surface area (Å²) in [4.78, 5) is 68.5. The lowest BCUT2D eigenvalue weighted by atomic mass is 10.2. The van der Waals surface area contributed by atoms with E-state index in [9.17, 15) is 24.0 Å². The first-order chi connectivity index (χ1) is 22.4. The maximum Gasteiger partial charge on any atom is 0.320 e. The summed E-state index contributed by atoms with van der Waals surface area (Å²) in [5.41, 5.74) is -3.40. The molecule has 0 heterocycles. The summed E-state index contributed by atoms with van der Waals surface area (Å²) in [5.74, 6) is -2.28. The molecule has 0 atom stereocenters. The molecule has 0 radical (unpaired) electrons. The highest BCUT2D eigenvalue weighted by atomic mass is 16.6. The molecule has 14 heteroatoms. The highest BCUT2D eigenvalue weighted by Crippen LogP contribution is 2.12. The van der Waals surface area contributed by atoms with Crippen LogP contribution in [0.15, 0.2) is 0 Å². The highest BCUT2D eigenvalue weighted by molar-refractivity contribution is 5.76. The van der Waals surface area contributed by atoms with Crippen LogP contribution < -0.4 is 5.32 Å². The number of hydrogen-bond acceptors (Lipinski definition) is 14. The molecule has 50 heavy (non-hydrogen) atoms. The number of ether oxygens (including phenoxy) is 5. The van der Waals surface area contributed by atoms with Gasteiger partial charge in [0.2, 0.25) is 0 Å². The van der Waals surface area contributed by atoms with E-state index in [-0.39, 0.29) is 39.3 Å². The molecule has 0 amide bonds. The van der Waals surface area contributed by atoms with E-state index < -0.39 is 57.9 Å². The van der Waals surface area contributed by atoms with Crippen LogP contribution in [0.1, 0.15) is 104 Å². The Bertz CT molecular complexity index is 1030. The average molecular weight is 717 g/mol. The summed E-state index contributed by atoms with van der Waals surface area (Å²) in [5, 5.41) is 3.31. The lowest BCUT2D eigenvalue weighted by Crippen LogP contribution is -2.46. The van der Waals surface area contributed by atoms with Crippen molar-refractivity contribution in [3.63, 3.8) is 0 Å². The molecular formula is C36H68N4O10. The van der Waals surface area contributed by atoms with Crippen LogP contribution in [-0.2, 0) is 47.7 Å². The molecule has 0 aromatic rings. The van der Waals surface area contributed by atoms with E-state index in [0.29, 0.717) is 32.7 Å². The molecule has 0 aliphatic rings. The Balaban J connectivity index is 5.64. The van der Waals surface area contributed by atoms with Gasteiger partial charge in [-0.15, -0.1) is 0 Å². The monoisotopic (exact) mass is 716 g/mol. The molecule has 0 unspecified atom stereocenters. The van der Waals surface area contributed by atoms with Crippen LogP contribution in [0, 0.1) is 0 Å². The third-order valence-corrected chi connectivity index (χ3v) is 5.81. The molecule has 0 spiro atoms. The van der Waals surface area contributed by atoms with Gasteiger partial charge in [0.15, 0.2) is 0 Å². The largest absolute Gasteiger partial charge is 0.459 e. The van der Waals surface area contributed by atoms with Crippen LogP contribution in [0.2, 0.25) is 0 Å². The Hall–Kier alpha value is -2.81. The van der Waals surface area contributed by atoms with Gasteiger partial charge < -0.3 is 29.0 Å². The summed E-state index contributed by atoms with van der Waals surface area (Å²) < 4.78 is 27.5. The molecule has 0 aromatic carbocycles. The van der Waals surface area contributed by atoms with Gasteiger partial charge in [0.25, 0.3) is 0 Å². The molecule has 292 valence electrons. The summed E-state index contributed by atoms with van der Waals surface area (Å²) >= 11 is 0. The fourth-order valence-corrected chi connectivity index (χ4v) is 4.36. The predicted molar refractivity (Wildman–Crippen MR) is 191 cm³/mol. The minimum absolute atomic E-state index is 0.0188. The maximum absolute atomic E-state index is 12.8. The van der Waals surface area contributed by atoms with Crippen molar-refractivity contribution in [3.8, 4) is 0 Å². The summed E-state index contributed by atoms with van der Waals surface area (Å²) in [7, 11) is 0. The number of nitrogens with zero attached hydrogens (tertiary/aromatic N) is 3. The first-order valence-electron chi connectivity index (χ1n) is 17.4. The number of rotatable bonds is 19. The van der Waals surface area contributed by atoms with Crippen LogP contribution >= 0.6 is 0 Å². The Labute approximate surface area is 301 Å². The minimum atomic E-state index is -0.696. The molecular weight excluding hydrogens is 648 g/mol. The number of nitrogens with one attached hydrogen (secondary N) is 1. The molecule has 0 fully saturated rings. The zero-order chi connectivity index (χ0) is 39.1. The van der Waals surface area contributed by atoms with E-state index in [0.717, 1.165) is 0 Å². The lowest BCUT2D eigenvalue weighted by Gasteiger charge is -2.29. The van der Waals surface area contributed by atoms with Crippen LogP contribution in [0.3, 0.4) is 0 Å². The normalized spacial score (nSPS) is 13.0. The second kappa shape index (κ2) is 20.3. The van der Waals surface area contributed by atoms with Crippen molar-refractivity contribution in [2.24, 2.45) is 0 Å². The van der Waals surface area contributed by atoms with Crippen LogP contribution in [-0.4, -0.2) is 145 Å². The topological polar surface area (TPSA) is 153 Å². The van der Waals surface area contributed by atoms with E-state index in [4.69, 9.17) is 23.7 Å². The van der Waals surface area contributed by atoms with Gasteiger partial charge in [-0.25, -0.2) is 0 Å². The Morgan fingerprint density at radius 1 is 0.360 bits per heavy atom. The third kappa shape index (κ3) is 29.0.